The summed E-state index contributed by atoms with van der Waals surface area (Å²) < 4.78 is 1.92. The molecule has 0 unspecified atom stereocenters. The fourth-order valence-electron chi connectivity index (χ4n) is 2.20. The van der Waals surface area contributed by atoms with E-state index in [0.29, 0.717) is 5.69 Å². The average Bonchev–Trinajstić information content (AvgIpc) is 2.46. The Hall–Kier alpha value is -1.59. The van der Waals surface area contributed by atoms with Gasteiger partial charge in [-0.3, -0.25) is 4.98 Å². The Kier molecular flexibility index (Phi) is 3.87. The van der Waals surface area contributed by atoms with Crippen molar-refractivity contribution >= 4 is 59.8 Å². The highest BCUT2D eigenvalue weighted by Gasteiger charge is 2.08. The maximum Gasteiger partial charge on any atom is 0.0958 e. The van der Waals surface area contributed by atoms with E-state index in [1.54, 1.807) is 6.20 Å². The van der Waals surface area contributed by atoms with Gasteiger partial charge in [0.2, 0.25) is 0 Å². The normalized spacial score (nSPS) is 10.8. The lowest BCUT2D eigenvalue weighted by atomic mass is 10.1. The van der Waals surface area contributed by atoms with Crippen molar-refractivity contribution in [2.24, 2.45) is 0 Å². The van der Waals surface area contributed by atoms with Gasteiger partial charge in [0.1, 0.15) is 0 Å². The number of nitrogen functional groups attached to an aromatic ring is 1. The fourth-order valence-corrected chi connectivity index (χ4v) is 2.87. The van der Waals surface area contributed by atoms with E-state index in [9.17, 15) is 0 Å². The summed E-state index contributed by atoms with van der Waals surface area (Å²) in [7, 11) is 0. The van der Waals surface area contributed by atoms with Gasteiger partial charge in [-0.25, -0.2) is 0 Å². The predicted octanol–water partition coefficient (Wildman–Crippen LogP) is 5.39. The zero-order valence-electron chi connectivity index (χ0n) is 11.3. The molecule has 0 aliphatic carbocycles. The van der Waals surface area contributed by atoms with Crippen molar-refractivity contribution in [2.75, 3.05) is 11.1 Å². The molecule has 3 aromatic rings. The van der Waals surface area contributed by atoms with Gasteiger partial charge in [0, 0.05) is 26.2 Å². The van der Waals surface area contributed by atoms with E-state index < -0.39 is 0 Å². The van der Waals surface area contributed by atoms with E-state index in [2.05, 4.69) is 61.2 Å². The SMILES string of the molecule is Cc1ccc(Br)c(Nc2ccc(N)c3cc(Br)cnc23)c1. The van der Waals surface area contributed by atoms with Crippen LogP contribution >= 0.6 is 31.9 Å². The molecule has 0 spiro atoms. The van der Waals surface area contributed by atoms with Gasteiger partial charge >= 0.3 is 0 Å². The van der Waals surface area contributed by atoms with Gasteiger partial charge in [-0.05, 0) is 74.7 Å². The predicted molar refractivity (Wildman–Crippen MR) is 96.0 cm³/mol. The molecule has 0 amide bonds. The van der Waals surface area contributed by atoms with Crippen LogP contribution in [0.15, 0.2) is 51.5 Å². The number of hydrogen-bond acceptors (Lipinski definition) is 3. The maximum absolute atomic E-state index is 6.04. The Balaban J connectivity index is 2.13. The number of benzene rings is 2. The van der Waals surface area contributed by atoms with Crippen molar-refractivity contribution in [3.05, 3.63) is 57.1 Å². The van der Waals surface area contributed by atoms with Gasteiger partial charge in [0.05, 0.1) is 16.9 Å². The number of aromatic nitrogens is 1. The van der Waals surface area contributed by atoms with Crippen molar-refractivity contribution < 1.29 is 0 Å². The number of pyridine rings is 1. The van der Waals surface area contributed by atoms with Crippen LogP contribution in [-0.2, 0) is 0 Å². The Bertz CT molecular complexity index is 831. The van der Waals surface area contributed by atoms with Crippen LogP contribution in [0, 0.1) is 6.92 Å². The number of nitrogens with zero attached hydrogens (tertiary/aromatic N) is 1. The molecule has 0 atom stereocenters. The minimum atomic E-state index is 0.715. The summed E-state index contributed by atoms with van der Waals surface area (Å²) in [6.07, 6.45) is 1.78. The van der Waals surface area contributed by atoms with E-state index in [-0.39, 0.29) is 0 Å². The molecule has 2 aromatic carbocycles. The second kappa shape index (κ2) is 5.66. The van der Waals surface area contributed by atoms with Crippen molar-refractivity contribution in [3.63, 3.8) is 0 Å². The third-order valence-corrected chi connectivity index (χ3v) is 4.37. The molecular weight excluding hydrogens is 394 g/mol. The largest absolute Gasteiger partial charge is 0.398 e. The number of rotatable bonds is 2. The molecular formula is C16H13Br2N3. The lowest BCUT2D eigenvalue weighted by Gasteiger charge is -2.13. The van der Waals surface area contributed by atoms with Gasteiger partial charge in [-0.1, -0.05) is 6.07 Å². The highest BCUT2D eigenvalue weighted by Crippen LogP contribution is 2.33. The maximum atomic E-state index is 6.04. The standard InChI is InChI=1S/C16H13Br2N3/c1-9-2-3-12(18)15(6-9)21-14-5-4-13(19)11-7-10(17)8-20-16(11)14/h2-8,21H,19H2,1H3. The number of anilines is 3. The second-order valence-corrected chi connectivity index (χ2v) is 6.63. The first kappa shape index (κ1) is 14.4. The lowest BCUT2D eigenvalue weighted by Crippen LogP contribution is -1.97. The Morgan fingerprint density at radius 3 is 2.67 bits per heavy atom. The molecule has 21 heavy (non-hydrogen) atoms. The van der Waals surface area contributed by atoms with Crippen molar-refractivity contribution in [1.29, 1.82) is 0 Å². The molecule has 3 N–H and O–H groups in total. The number of fused-ring (bicyclic) bond motifs is 1. The van der Waals surface area contributed by atoms with E-state index in [4.69, 9.17) is 5.73 Å². The van der Waals surface area contributed by atoms with Crippen LogP contribution in [-0.4, -0.2) is 4.98 Å². The van der Waals surface area contributed by atoms with Crippen LogP contribution in [0.3, 0.4) is 0 Å². The van der Waals surface area contributed by atoms with Crippen molar-refractivity contribution in [2.45, 2.75) is 6.92 Å². The summed E-state index contributed by atoms with van der Waals surface area (Å²) in [6.45, 7) is 2.06. The minimum absolute atomic E-state index is 0.715. The quantitative estimate of drug-likeness (QED) is 0.560. The van der Waals surface area contributed by atoms with Crippen molar-refractivity contribution in [3.8, 4) is 0 Å². The first-order chi connectivity index (χ1) is 10.0. The topological polar surface area (TPSA) is 50.9 Å². The van der Waals surface area contributed by atoms with E-state index in [1.165, 1.54) is 5.56 Å². The van der Waals surface area contributed by atoms with Crippen LogP contribution in [0.2, 0.25) is 0 Å². The summed E-state index contributed by atoms with van der Waals surface area (Å²) in [6, 6.07) is 12.0. The zero-order chi connectivity index (χ0) is 15.0. The molecule has 106 valence electrons. The number of halogens is 2. The van der Waals surface area contributed by atoms with E-state index in [0.717, 1.165) is 31.2 Å². The first-order valence-corrected chi connectivity index (χ1v) is 8.00. The monoisotopic (exact) mass is 405 g/mol. The molecule has 0 aliphatic heterocycles. The summed E-state index contributed by atoms with van der Waals surface area (Å²) in [4.78, 5) is 4.49. The van der Waals surface area contributed by atoms with Gasteiger partial charge in [0.25, 0.3) is 0 Å². The van der Waals surface area contributed by atoms with E-state index in [1.807, 2.05) is 24.3 Å². The molecule has 0 radical (unpaired) electrons. The highest BCUT2D eigenvalue weighted by atomic mass is 79.9. The third kappa shape index (κ3) is 2.89. The van der Waals surface area contributed by atoms with E-state index >= 15 is 0 Å². The first-order valence-electron chi connectivity index (χ1n) is 6.41. The Morgan fingerprint density at radius 1 is 1.05 bits per heavy atom. The second-order valence-electron chi connectivity index (χ2n) is 4.86. The van der Waals surface area contributed by atoms with Crippen molar-refractivity contribution in [1.82, 2.24) is 4.98 Å². The molecule has 1 heterocycles. The molecule has 3 rings (SSSR count). The van der Waals surface area contributed by atoms with Gasteiger partial charge in [-0.15, -0.1) is 0 Å². The molecule has 0 bridgehead atoms. The Labute approximate surface area is 139 Å². The minimum Gasteiger partial charge on any atom is -0.398 e. The molecule has 0 fully saturated rings. The van der Waals surface area contributed by atoms with Gasteiger partial charge in [0.15, 0.2) is 0 Å². The van der Waals surface area contributed by atoms with Crippen LogP contribution in [0.1, 0.15) is 5.56 Å². The molecule has 3 nitrogen and oxygen atoms in total. The summed E-state index contributed by atoms with van der Waals surface area (Å²) in [5.74, 6) is 0. The van der Waals surface area contributed by atoms with Gasteiger partial charge in [-0.2, -0.15) is 0 Å². The number of aryl methyl sites for hydroxylation is 1. The molecule has 0 saturated carbocycles. The molecule has 0 saturated heterocycles. The number of nitrogens with one attached hydrogen (secondary N) is 1. The third-order valence-electron chi connectivity index (χ3n) is 3.24. The van der Waals surface area contributed by atoms with Crippen LogP contribution in [0.25, 0.3) is 10.9 Å². The molecule has 1 aromatic heterocycles. The smallest absolute Gasteiger partial charge is 0.0958 e. The van der Waals surface area contributed by atoms with Crippen LogP contribution in [0.4, 0.5) is 17.1 Å². The fraction of sp³-hybridized carbons (Fsp3) is 0.0625. The summed E-state index contributed by atoms with van der Waals surface area (Å²) in [5, 5.41) is 4.35. The van der Waals surface area contributed by atoms with Gasteiger partial charge < -0.3 is 11.1 Å². The van der Waals surface area contributed by atoms with Crippen LogP contribution < -0.4 is 11.1 Å². The number of hydrogen-bond donors (Lipinski definition) is 2. The summed E-state index contributed by atoms with van der Waals surface area (Å²) >= 11 is 7.00. The zero-order valence-corrected chi connectivity index (χ0v) is 14.5. The highest BCUT2D eigenvalue weighted by molar-refractivity contribution is 9.10. The molecule has 0 aliphatic rings. The lowest BCUT2D eigenvalue weighted by molar-refractivity contribution is 1.38. The van der Waals surface area contributed by atoms with Crippen LogP contribution in [0.5, 0.6) is 0 Å². The number of nitrogens with two attached hydrogens (primary N) is 1. The Morgan fingerprint density at radius 2 is 1.86 bits per heavy atom. The average molecular weight is 407 g/mol. The molecule has 5 heteroatoms. The summed E-state index contributed by atoms with van der Waals surface area (Å²) in [5.41, 5.74) is 10.7.